The number of rotatable bonds is 8. The first-order chi connectivity index (χ1) is 11.7. The lowest BCUT2D eigenvalue weighted by Crippen LogP contribution is -2.20. The lowest BCUT2D eigenvalue weighted by Gasteiger charge is -2.19. The summed E-state index contributed by atoms with van der Waals surface area (Å²) in [6, 6.07) is 9.28. The van der Waals surface area contributed by atoms with Crippen molar-refractivity contribution in [2.24, 2.45) is 0 Å². The fourth-order valence-electron chi connectivity index (χ4n) is 2.33. The molecule has 0 unspecified atom stereocenters. The minimum absolute atomic E-state index is 0.194. The summed E-state index contributed by atoms with van der Waals surface area (Å²) in [5.74, 6) is 0.470. The maximum absolute atomic E-state index is 12.5. The van der Waals surface area contributed by atoms with Crippen molar-refractivity contribution in [1.82, 2.24) is 4.98 Å². The Morgan fingerprint density at radius 2 is 2.04 bits per heavy atom. The molecule has 0 saturated heterocycles. The average Bonchev–Trinajstić information content (AvgIpc) is 2.61. The Kier molecular flexibility index (Phi) is 6.61. The molecule has 0 spiro atoms. The van der Waals surface area contributed by atoms with E-state index in [0.29, 0.717) is 23.6 Å². The van der Waals surface area contributed by atoms with Crippen LogP contribution in [0.15, 0.2) is 42.7 Å². The van der Waals surface area contributed by atoms with E-state index in [1.54, 1.807) is 12.4 Å². The number of amides is 1. The number of pyridine rings is 1. The monoisotopic (exact) mass is 327 g/mol. The lowest BCUT2D eigenvalue weighted by atomic mass is 10.2. The smallest absolute Gasteiger partial charge is 0.257 e. The van der Waals surface area contributed by atoms with E-state index in [2.05, 4.69) is 22.1 Å². The highest BCUT2D eigenvalue weighted by Gasteiger charge is 2.12. The van der Waals surface area contributed by atoms with E-state index in [4.69, 9.17) is 4.74 Å². The van der Waals surface area contributed by atoms with Crippen molar-refractivity contribution in [3.05, 3.63) is 48.3 Å². The molecular formula is C19H25N3O2. The molecule has 5 nitrogen and oxygen atoms in total. The van der Waals surface area contributed by atoms with Crippen LogP contribution < -0.4 is 15.0 Å². The van der Waals surface area contributed by atoms with Crippen LogP contribution in [0.2, 0.25) is 0 Å². The number of anilines is 2. The molecule has 1 aromatic heterocycles. The average molecular weight is 327 g/mol. The quantitative estimate of drug-likeness (QED) is 0.797. The molecule has 0 saturated carbocycles. The van der Waals surface area contributed by atoms with Gasteiger partial charge in [-0.3, -0.25) is 9.78 Å². The molecule has 24 heavy (non-hydrogen) atoms. The number of benzene rings is 1. The number of carbonyl (C=O) groups is 1. The zero-order valence-corrected chi connectivity index (χ0v) is 14.6. The van der Waals surface area contributed by atoms with Crippen molar-refractivity contribution in [3.8, 4) is 5.75 Å². The fraction of sp³-hybridized carbons (Fsp3) is 0.368. The number of hydrogen-bond acceptors (Lipinski definition) is 4. The summed E-state index contributed by atoms with van der Waals surface area (Å²) in [4.78, 5) is 18.8. The lowest BCUT2D eigenvalue weighted by molar-refractivity contribution is 0.102. The van der Waals surface area contributed by atoms with E-state index in [1.165, 1.54) is 0 Å². The maximum atomic E-state index is 12.5. The van der Waals surface area contributed by atoms with Crippen LogP contribution in [0, 0.1) is 0 Å². The van der Waals surface area contributed by atoms with Crippen molar-refractivity contribution < 1.29 is 9.53 Å². The number of aromatic nitrogens is 1. The Balaban J connectivity index is 2.13. The highest BCUT2D eigenvalue weighted by Crippen LogP contribution is 2.24. The largest absolute Gasteiger partial charge is 0.492 e. The van der Waals surface area contributed by atoms with Gasteiger partial charge in [-0.1, -0.05) is 25.5 Å². The van der Waals surface area contributed by atoms with Gasteiger partial charge in [0.25, 0.3) is 5.91 Å². The van der Waals surface area contributed by atoms with Crippen molar-refractivity contribution in [1.29, 1.82) is 0 Å². The number of carbonyl (C=O) groups excluding carboxylic acids is 1. The Bertz CT molecular complexity index is 673. The topological polar surface area (TPSA) is 54.5 Å². The zero-order valence-electron chi connectivity index (χ0n) is 14.6. The van der Waals surface area contributed by atoms with Gasteiger partial charge in [-0.2, -0.15) is 0 Å². The van der Waals surface area contributed by atoms with Gasteiger partial charge in [0.15, 0.2) is 0 Å². The van der Waals surface area contributed by atoms with E-state index >= 15 is 0 Å². The molecule has 0 aliphatic heterocycles. The number of para-hydroxylation sites is 2. The molecule has 2 rings (SSSR count). The normalized spacial score (nSPS) is 10.3. The molecule has 1 amide bonds. The van der Waals surface area contributed by atoms with Crippen LogP contribution in [0.4, 0.5) is 11.4 Å². The molecule has 1 N–H and O–H groups in total. The second-order valence-corrected chi connectivity index (χ2v) is 5.59. The number of ether oxygens (including phenoxy) is 1. The van der Waals surface area contributed by atoms with Crippen molar-refractivity contribution in [3.63, 3.8) is 0 Å². The summed E-state index contributed by atoms with van der Waals surface area (Å²) in [5, 5.41) is 2.90. The molecule has 0 radical (unpaired) electrons. The molecule has 2 aromatic rings. The van der Waals surface area contributed by atoms with Crippen molar-refractivity contribution in [2.75, 3.05) is 30.4 Å². The first-order valence-corrected chi connectivity index (χ1v) is 8.35. The standard InChI is InChI=1S/C19H25N3O2/c1-4-6-11-22(3)16-12-15(13-20-14-16)19(23)21-17-9-7-8-10-18(17)24-5-2/h7-10,12-14H,4-6,11H2,1-3H3,(H,21,23). The Morgan fingerprint density at radius 3 is 2.79 bits per heavy atom. The number of nitrogens with one attached hydrogen (secondary N) is 1. The third-order valence-corrected chi connectivity index (χ3v) is 3.71. The molecule has 1 aromatic carbocycles. The molecule has 1 heterocycles. The Hall–Kier alpha value is -2.56. The predicted molar refractivity (Wildman–Crippen MR) is 98.0 cm³/mol. The van der Waals surface area contributed by atoms with Gasteiger partial charge in [-0.05, 0) is 31.5 Å². The molecule has 128 valence electrons. The molecule has 0 bridgehead atoms. The third-order valence-electron chi connectivity index (χ3n) is 3.71. The summed E-state index contributed by atoms with van der Waals surface area (Å²) >= 11 is 0. The highest BCUT2D eigenvalue weighted by molar-refractivity contribution is 6.05. The summed E-state index contributed by atoms with van der Waals surface area (Å²) < 4.78 is 5.54. The van der Waals surface area contributed by atoms with Crippen LogP contribution >= 0.6 is 0 Å². The number of hydrogen-bond donors (Lipinski definition) is 1. The Morgan fingerprint density at radius 1 is 1.25 bits per heavy atom. The van der Waals surface area contributed by atoms with Gasteiger partial charge in [0.1, 0.15) is 5.75 Å². The van der Waals surface area contributed by atoms with Gasteiger partial charge in [-0.15, -0.1) is 0 Å². The first-order valence-electron chi connectivity index (χ1n) is 8.35. The number of nitrogens with zero attached hydrogens (tertiary/aromatic N) is 2. The van der Waals surface area contributed by atoms with E-state index < -0.39 is 0 Å². The maximum Gasteiger partial charge on any atom is 0.257 e. The summed E-state index contributed by atoms with van der Waals surface area (Å²) in [5.41, 5.74) is 2.13. The van der Waals surface area contributed by atoms with Gasteiger partial charge in [0, 0.05) is 19.8 Å². The zero-order chi connectivity index (χ0) is 17.4. The van der Waals surface area contributed by atoms with Crippen molar-refractivity contribution >= 4 is 17.3 Å². The van der Waals surface area contributed by atoms with Gasteiger partial charge < -0.3 is 15.0 Å². The minimum Gasteiger partial charge on any atom is -0.492 e. The second-order valence-electron chi connectivity index (χ2n) is 5.59. The SMILES string of the molecule is CCCCN(C)c1cncc(C(=O)Nc2ccccc2OCC)c1. The highest BCUT2D eigenvalue weighted by atomic mass is 16.5. The van der Waals surface area contributed by atoms with Gasteiger partial charge in [-0.25, -0.2) is 0 Å². The van der Waals surface area contributed by atoms with Gasteiger partial charge >= 0.3 is 0 Å². The minimum atomic E-state index is -0.194. The molecule has 0 aliphatic carbocycles. The van der Waals surface area contributed by atoms with Crippen molar-refractivity contribution in [2.45, 2.75) is 26.7 Å². The summed E-state index contributed by atoms with van der Waals surface area (Å²) in [7, 11) is 2.01. The van der Waals surface area contributed by atoms with E-state index in [1.807, 2.05) is 44.3 Å². The van der Waals surface area contributed by atoms with Gasteiger partial charge in [0.2, 0.25) is 0 Å². The number of unbranched alkanes of at least 4 members (excludes halogenated alkanes) is 1. The first kappa shape index (κ1) is 17.8. The predicted octanol–water partition coefficient (Wildman–Crippen LogP) is 3.97. The van der Waals surface area contributed by atoms with Crippen LogP contribution in [0.25, 0.3) is 0 Å². The van der Waals surface area contributed by atoms with Crippen LogP contribution in [0.1, 0.15) is 37.0 Å². The molecule has 0 aliphatic rings. The van der Waals surface area contributed by atoms with E-state index in [0.717, 1.165) is 25.1 Å². The van der Waals surface area contributed by atoms with E-state index in [-0.39, 0.29) is 5.91 Å². The Labute approximate surface area is 143 Å². The summed E-state index contributed by atoms with van der Waals surface area (Å²) in [6.45, 7) is 5.56. The molecule has 0 fully saturated rings. The van der Waals surface area contributed by atoms with Crippen LogP contribution in [-0.4, -0.2) is 31.1 Å². The molecular weight excluding hydrogens is 302 g/mol. The van der Waals surface area contributed by atoms with Gasteiger partial charge in [0.05, 0.1) is 29.7 Å². The van der Waals surface area contributed by atoms with Crippen LogP contribution in [0.3, 0.4) is 0 Å². The molecule has 0 atom stereocenters. The molecule has 5 heteroatoms. The third kappa shape index (κ3) is 4.72. The van der Waals surface area contributed by atoms with Crippen LogP contribution in [-0.2, 0) is 0 Å². The fourth-order valence-corrected chi connectivity index (χ4v) is 2.33. The van der Waals surface area contributed by atoms with E-state index in [9.17, 15) is 4.79 Å². The summed E-state index contributed by atoms with van der Waals surface area (Å²) in [6.07, 6.45) is 5.59. The second kappa shape index (κ2) is 8.91. The van der Waals surface area contributed by atoms with Crippen LogP contribution in [0.5, 0.6) is 5.75 Å².